The van der Waals surface area contributed by atoms with Gasteiger partial charge in [-0.1, -0.05) is 17.2 Å². The van der Waals surface area contributed by atoms with Crippen molar-refractivity contribution in [2.75, 3.05) is 31.6 Å². The van der Waals surface area contributed by atoms with Gasteiger partial charge in [0.1, 0.15) is 0 Å². The number of amides is 1. The smallest absolute Gasteiger partial charge is 0.379 e. The third-order valence-corrected chi connectivity index (χ3v) is 4.79. The SMILES string of the molecule is Cc1ccc(C(=O)Nc2ccc(CN3CCOCC3)c(C(F)(F)F)c2)cc1N=[N+]=[N-]. The Hall–Kier alpha value is -3.07. The van der Waals surface area contributed by atoms with Crippen molar-refractivity contribution < 1.29 is 22.7 Å². The van der Waals surface area contributed by atoms with E-state index in [1.165, 1.54) is 24.3 Å². The molecule has 2 aromatic carbocycles. The van der Waals surface area contributed by atoms with Crippen LogP contribution < -0.4 is 5.32 Å². The molecule has 0 bridgehead atoms. The second kappa shape index (κ2) is 9.17. The number of rotatable bonds is 5. The minimum Gasteiger partial charge on any atom is -0.379 e. The molecule has 10 heteroatoms. The van der Waals surface area contributed by atoms with Gasteiger partial charge in [-0.2, -0.15) is 13.2 Å². The number of carbonyl (C=O) groups excluding carboxylic acids is 1. The lowest BCUT2D eigenvalue weighted by Gasteiger charge is -2.27. The molecule has 30 heavy (non-hydrogen) atoms. The van der Waals surface area contributed by atoms with E-state index in [2.05, 4.69) is 15.3 Å². The zero-order chi connectivity index (χ0) is 21.7. The summed E-state index contributed by atoms with van der Waals surface area (Å²) in [5.41, 5.74) is 9.12. The fraction of sp³-hybridized carbons (Fsp3) is 0.350. The first-order valence-electron chi connectivity index (χ1n) is 9.25. The Morgan fingerprint density at radius 1 is 1.23 bits per heavy atom. The summed E-state index contributed by atoms with van der Waals surface area (Å²) in [7, 11) is 0. The zero-order valence-electron chi connectivity index (χ0n) is 16.2. The number of ether oxygens (including phenoxy) is 1. The summed E-state index contributed by atoms with van der Waals surface area (Å²) in [6, 6.07) is 8.28. The average molecular weight is 419 g/mol. The van der Waals surface area contributed by atoms with Crippen molar-refractivity contribution in [3.05, 3.63) is 69.1 Å². The molecule has 7 nitrogen and oxygen atoms in total. The third kappa shape index (κ3) is 5.29. The van der Waals surface area contributed by atoms with E-state index in [0.717, 1.165) is 6.07 Å². The molecule has 0 spiro atoms. The zero-order valence-corrected chi connectivity index (χ0v) is 16.2. The molecule has 0 aromatic heterocycles. The number of hydrogen-bond donors (Lipinski definition) is 1. The minimum atomic E-state index is -4.55. The molecule has 0 atom stereocenters. The van der Waals surface area contributed by atoms with Crippen LogP contribution in [-0.2, 0) is 17.5 Å². The molecule has 1 amide bonds. The number of aryl methyl sites for hydroxylation is 1. The highest BCUT2D eigenvalue weighted by Crippen LogP contribution is 2.34. The molecule has 1 fully saturated rings. The lowest BCUT2D eigenvalue weighted by atomic mass is 10.0. The highest BCUT2D eigenvalue weighted by atomic mass is 19.4. The Kier molecular flexibility index (Phi) is 6.61. The van der Waals surface area contributed by atoms with Crippen LogP contribution in [0.5, 0.6) is 0 Å². The standard InChI is InChI=1S/C20H20F3N5O2/c1-13-2-3-14(10-18(13)26-27-24)19(29)25-16-5-4-15(17(11-16)20(21,22)23)12-28-6-8-30-9-7-28/h2-5,10-11H,6-9,12H2,1H3,(H,25,29). The van der Waals surface area contributed by atoms with E-state index < -0.39 is 17.6 Å². The van der Waals surface area contributed by atoms with E-state index in [0.29, 0.717) is 31.9 Å². The molecule has 1 saturated heterocycles. The molecule has 0 unspecified atom stereocenters. The van der Waals surface area contributed by atoms with Crippen LogP contribution in [0.1, 0.15) is 27.0 Å². The van der Waals surface area contributed by atoms with E-state index in [1.54, 1.807) is 13.0 Å². The first-order valence-corrected chi connectivity index (χ1v) is 9.25. The van der Waals surface area contributed by atoms with E-state index in [1.807, 2.05) is 4.90 Å². The predicted octanol–water partition coefficient (Wildman–Crippen LogP) is 5.04. The Labute approximate surface area is 171 Å². The second-order valence-corrected chi connectivity index (χ2v) is 6.90. The summed E-state index contributed by atoms with van der Waals surface area (Å²) in [6.45, 7) is 3.98. The van der Waals surface area contributed by atoms with E-state index in [4.69, 9.17) is 10.3 Å². The number of nitrogens with zero attached hydrogens (tertiary/aromatic N) is 4. The van der Waals surface area contributed by atoms with Crippen LogP contribution in [0.3, 0.4) is 0 Å². The highest BCUT2D eigenvalue weighted by molar-refractivity contribution is 6.04. The van der Waals surface area contributed by atoms with Gasteiger partial charge in [-0.15, -0.1) is 0 Å². The van der Waals surface area contributed by atoms with Gasteiger partial charge in [-0.25, -0.2) is 0 Å². The quantitative estimate of drug-likeness (QED) is 0.418. The maximum atomic E-state index is 13.6. The van der Waals surface area contributed by atoms with E-state index in [-0.39, 0.29) is 29.0 Å². The van der Waals surface area contributed by atoms with Gasteiger partial charge in [-0.3, -0.25) is 9.69 Å². The molecule has 0 aliphatic carbocycles. The number of benzene rings is 2. The summed E-state index contributed by atoms with van der Waals surface area (Å²) in [5.74, 6) is -0.599. The van der Waals surface area contributed by atoms with Crippen LogP contribution in [0, 0.1) is 6.92 Å². The van der Waals surface area contributed by atoms with Crippen molar-refractivity contribution in [3.8, 4) is 0 Å². The number of azide groups is 1. The van der Waals surface area contributed by atoms with Crippen LogP contribution in [0.4, 0.5) is 24.5 Å². The van der Waals surface area contributed by atoms with Crippen molar-refractivity contribution in [3.63, 3.8) is 0 Å². The maximum Gasteiger partial charge on any atom is 0.416 e. The summed E-state index contributed by atoms with van der Waals surface area (Å²) < 4.78 is 46.1. The van der Waals surface area contributed by atoms with Gasteiger partial charge in [0.15, 0.2) is 0 Å². The molecule has 0 saturated carbocycles. The van der Waals surface area contributed by atoms with Crippen molar-refractivity contribution in [2.24, 2.45) is 5.11 Å². The predicted molar refractivity (Wildman–Crippen MR) is 105 cm³/mol. The highest BCUT2D eigenvalue weighted by Gasteiger charge is 2.34. The van der Waals surface area contributed by atoms with Gasteiger partial charge in [0.25, 0.3) is 5.91 Å². The number of alkyl halides is 3. The van der Waals surface area contributed by atoms with Gasteiger partial charge in [0.2, 0.25) is 0 Å². The molecular formula is C20H20F3N5O2. The summed E-state index contributed by atoms with van der Waals surface area (Å²) >= 11 is 0. The number of carbonyl (C=O) groups is 1. The van der Waals surface area contributed by atoms with Crippen LogP contribution in [0.2, 0.25) is 0 Å². The number of halogens is 3. The topological polar surface area (TPSA) is 90.3 Å². The number of morpholine rings is 1. The summed E-state index contributed by atoms with van der Waals surface area (Å²) in [6.07, 6.45) is -4.55. The molecule has 0 radical (unpaired) electrons. The Morgan fingerprint density at radius 2 is 1.97 bits per heavy atom. The largest absolute Gasteiger partial charge is 0.416 e. The van der Waals surface area contributed by atoms with Crippen molar-refractivity contribution >= 4 is 17.3 Å². The Bertz CT molecular complexity index is 981. The van der Waals surface area contributed by atoms with Crippen LogP contribution >= 0.6 is 0 Å². The molecule has 1 aliphatic heterocycles. The Balaban J connectivity index is 1.83. The Morgan fingerprint density at radius 3 is 2.63 bits per heavy atom. The molecule has 1 aliphatic rings. The first kappa shape index (κ1) is 21.6. The molecule has 1 heterocycles. The molecule has 3 rings (SSSR count). The average Bonchev–Trinajstić information content (AvgIpc) is 2.71. The number of anilines is 1. The van der Waals surface area contributed by atoms with Crippen LogP contribution in [0.25, 0.3) is 10.4 Å². The summed E-state index contributed by atoms with van der Waals surface area (Å²) in [5, 5.41) is 5.99. The second-order valence-electron chi connectivity index (χ2n) is 6.90. The first-order chi connectivity index (χ1) is 14.3. The fourth-order valence-electron chi connectivity index (χ4n) is 3.17. The van der Waals surface area contributed by atoms with Crippen LogP contribution in [-0.4, -0.2) is 37.1 Å². The molecule has 2 aromatic rings. The van der Waals surface area contributed by atoms with Gasteiger partial charge in [0, 0.05) is 41.5 Å². The maximum absolute atomic E-state index is 13.6. The molecule has 1 N–H and O–H groups in total. The van der Waals surface area contributed by atoms with Crippen molar-refractivity contribution in [1.82, 2.24) is 4.90 Å². The lowest BCUT2D eigenvalue weighted by molar-refractivity contribution is -0.138. The minimum absolute atomic E-state index is 0.0314. The fourth-order valence-corrected chi connectivity index (χ4v) is 3.17. The summed E-state index contributed by atoms with van der Waals surface area (Å²) in [4.78, 5) is 17.1. The number of nitrogens with one attached hydrogen (secondary N) is 1. The van der Waals surface area contributed by atoms with Crippen molar-refractivity contribution in [1.29, 1.82) is 0 Å². The molecular weight excluding hydrogens is 399 g/mol. The van der Waals surface area contributed by atoms with Gasteiger partial charge in [-0.05, 0) is 47.8 Å². The van der Waals surface area contributed by atoms with Crippen LogP contribution in [0.15, 0.2) is 41.5 Å². The van der Waals surface area contributed by atoms with Gasteiger partial charge in [0.05, 0.1) is 18.8 Å². The van der Waals surface area contributed by atoms with Gasteiger partial charge < -0.3 is 10.1 Å². The molecule has 158 valence electrons. The normalized spacial score (nSPS) is 14.8. The van der Waals surface area contributed by atoms with E-state index >= 15 is 0 Å². The lowest BCUT2D eigenvalue weighted by Crippen LogP contribution is -2.36. The van der Waals surface area contributed by atoms with E-state index in [9.17, 15) is 18.0 Å². The van der Waals surface area contributed by atoms with Gasteiger partial charge >= 0.3 is 6.18 Å². The van der Waals surface area contributed by atoms with Crippen molar-refractivity contribution in [2.45, 2.75) is 19.6 Å². The third-order valence-electron chi connectivity index (χ3n) is 4.79. The monoisotopic (exact) mass is 419 g/mol. The number of hydrogen-bond acceptors (Lipinski definition) is 4.